The molecule has 1 aliphatic heterocycles. The van der Waals surface area contributed by atoms with Crippen LogP contribution in [0.15, 0.2) is 0 Å². The van der Waals surface area contributed by atoms with E-state index >= 15 is 0 Å². The summed E-state index contributed by atoms with van der Waals surface area (Å²) in [5.41, 5.74) is -1.11. The van der Waals surface area contributed by atoms with Crippen molar-refractivity contribution in [2.45, 2.75) is 104 Å². The van der Waals surface area contributed by atoms with E-state index < -0.39 is 11.2 Å². The van der Waals surface area contributed by atoms with E-state index in [0.29, 0.717) is 0 Å². The highest BCUT2D eigenvalue weighted by Gasteiger charge is 2.52. The molecule has 0 spiro atoms. The molecule has 0 aromatic rings. The number of nitrogens with zero attached hydrogens (tertiary/aromatic N) is 2. The molecule has 6 nitrogen and oxygen atoms in total. The van der Waals surface area contributed by atoms with Crippen molar-refractivity contribution >= 4 is 12.2 Å². The van der Waals surface area contributed by atoms with Crippen LogP contribution >= 0.6 is 0 Å². The third kappa shape index (κ3) is 4.14. The topological polar surface area (TPSA) is 59.1 Å². The molecule has 24 heavy (non-hydrogen) atoms. The Morgan fingerprint density at radius 3 is 1.42 bits per heavy atom. The van der Waals surface area contributed by atoms with Crippen molar-refractivity contribution in [1.82, 2.24) is 9.80 Å². The number of ether oxygens (including phenoxy) is 2. The van der Waals surface area contributed by atoms with Crippen molar-refractivity contribution in [3.8, 4) is 0 Å². The second-order valence-electron chi connectivity index (χ2n) is 8.83. The second-order valence-corrected chi connectivity index (χ2v) is 8.83. The third-order valence-electron chi connectivity index (χ3n) is 4.42. The Morgan fingerprint density at radius 1 is 0.792 bits per heavy atom. The van der Waals surface area contributed by atoms with E-state index in [-0.39, 0.29) is 30.4 Å². The molecule has 0 N–H and O–H groups in total. The summed E-state index contributed by atoms with van der Waals surface area (Å²) in [6.07, 6.45) is 2.87. The van der Waals surface area contributed by atoms with Crippen molar-refractivity contribution in [1.29, 1.82) is 0 Å². The van der Waals surface area contributed by atoms with Gasteiger partial charge in [0.2, 0.25) is 0 Å². The SMILES string of the molecule is CC1N(C(=O)OC(C)(C)C)[C@@H]2CCCC[C@H]2N1C(=O)OC(C)(C)C. The summed E-state index contributed by atoms with van der Waals surface area (Å²) in [4.78, 5) is 28.9. The Bertz CT molecular complexity index is 448. The molecule has 2 rings (SSSR count). The zero-order valence-corrected chi connectivity index (χ0v) is 16.1. The number of fused-ring (bicyclic) bond motifs is 1. The zero-order chi connectivity index (χ0) is 18.3. The number of carbonyl (C=O) groups excluding carboxylic acids is 2. The number of rotatable bonds is 0. The molecule has 6 heteroatoms. The molecule has 2 fully saturated rings. The average molecular weight is 340 g/mol. The predicted molar refractivity (Wildman–Crippen MR) is 91.7 cm³/mol. The zero-order valence-electron chi connectivity index (χ0n) is 16.1. The van der Waals surface area contributed by atoms with Crippen LogP contribution in [-0.2, 0) is 9.47 Å². The van der Waals surface area contributed by atoms with E-state index in [0.717, 1.165) is 25.7 Å². The van der Waals surface area contributed by atoms with Crippen LogP contribution in [0.2, 0.25) is 0 Å². The van der Waals surface area contributed by atoms with Crippen LogP contribution < -0.4 is 0 Å². The van der Waals surface area contributed by atoms with Gasteiger partial charge in [-0.15, -0.1) is 0 Å². The third-order valence-corrected chi connectivity index (χ3v) is 4.42. The first kappa shape index (κ1) is 18.9. The molecule has 2 atom stereocenters. The Kier molecular flexibility index (Phi) is 5.07. The molecule has 0 aromatic carbocycles. The fourth-order valence-corrected chi connectivity index (χ4v) is 3.63. The van der Waals surface area contributed by atoms with Crippen LogP contribution in [0.5, 0.6) is 0 Å². The van der Waals surface area contributed by atoms with Crippen molar-refractivity contribution in [3.05, 3.63) is 0 Å². The van der Waals surface area contributed by atoms with E-state index in [9.17, 15) is 9.59 Å². The Labute approximate surface area is 145 Å². The maximum atomic E-state index is 12.7. The van der Waals surface area contributed by atoms with Crippen molar-refractivity contribution < 1.29 is 19.1 Å². The minimum atomic E-state index is -0.555. The monoisotopic (exact) mass is 340 g/mol. The number of amides is 2. The normalized spacial score (nSPS) is 25.5. The summed E-state index contributed by atoms with van der Waals surface area (Å²) in [6, 6.07) is 0.0206. The van der Waals surface area contributed by atoms with Crippen molar-refractivity contribution in [2.75, 3.05) is 0 Å². The van der Waals surface area contributed by atoms with Crippen LogP contribution in [-0.4, -0.2) is 51.4 Å². The van der Waals surface area contributed by atoms with Crippen LogP contribution in [0.25, 0.3) is 0 Å². The molecular weight excluding hydrogens is 308 g/mol. The van der Waals surface area contributed by atoms with E-state index in [1.807, 2.05) is 48.5 Å². The highest BCUT2D eigenvalue weighted by molar-refractivity contribution is 5.74. The summed E-state index contributed by atoms with van der Waals surface area (Å²) in [5, 5.41) is 0. The van der Waals surface area contributed by atoms with Gasteiger partial charge in [-0.2, -0.15) is 0 Å². The average Bonchev–Trinajstić information content (AvgIpc) is 2.66. The van der Waals surface area contributed by atoms with E-state index in [2.05, 4.69) is 0 Å². The summed E-state index contributed by atoms with van der Waals surface area (Å²) in [5.74, 6) is 0. The lowest BCUT2D eigenvalue weighted by atomic mass is 9.90. The quantitative estimate of drug-likeness (QED) is 0.665. The van der Waals surface area contributed by atoms with Crippen LogP contribution in [0, 0.1) is 0 Å². The highest BCUT2D eigenvalue weighted by atomic mass is 16.6. The maximum absolute atomic E-state index is 12.7. The van der Waals surface area contributed by atoms with Gasteiger partial charge in [0.25, 0.3) is 0 Å². The summed E-state index contributed by atoms with van der Waals surface area (Å²) < 4.78 is 11.2. The number of hydrogen-bond acceptors (Lipinski definition) is 4. The smallest absolute Gasteiger partial charge is 0.412 e. The largest absolute Gasteiger partial charge is 0.444 e. The van der Waals surface area contributed by atoms with Crippen molar-refractivity contribution in [3.63, 3.8) is 0 Å². The number of carbonyl (C=O) groups is 2. The first-order chi connectivity index (χ1) is 10.9. The second kappa shape index (κ2) is 6.45. The van der Waals surface area contributed by atoms with Gasteiger partial charge in [-0.1, -0.05) is 12.8 Å². The van der Waals surface area contributed by atoms with E-state index in [1.54, 1.807) is 9.80 Å². The first-order valence-electron chi connectivity index (χ1n) is 8.93. The molecular formula is C18H32N2O4. The van der Waals surface area contributed by atoms with E-state index in [4.69, 9.17) is 9.47 Å². The van der Waals surface area contributed by atoms with Gasteiger partial charge in [-0.3, -0.25) is 9.80 Å². The minimum absolute atomic E-state index is 0.0103. The molecule has 2 amide bonds. The Morgan fingerprint density at radius 2 is 1.12 bits per heavy atom. The number of hydrogen-bond donors (Lipinski definition) is 0. The molecule has 1 heterocycles. The first-order valence-corrected chi connectivity index (χ1v) is 8.93. The fourth-order valence-electron chi connectivity index (χ4n) is 3.63. The molecule has 0 bridgehead atoms. The van der Waals surface area contributed by atoms with E-state index in [1.165, 1.54) is 0 Å². The van der Waals surface area contributed by atoms with Gasteiger partial charge in [-0.05, 0) is 61.3 Å². The lowest BCUT2D eigenvalue weighted by Gasteiger charge is -2.33. The standard InChI is InChI=1S/C18H32N2O4/c1-12-19(15(21)23-17(2,3)4)13-10-8-9-11-14(13)20(12)16(22)24-18(5,6)7/h12-14H,8-11H2,1-7H3/t13-,14-/m1/s1. The van der Waals surface area contributed by atoms with Gasteiger partial charge < -0.3 is 9.47 Å². The van der Waals surface area contributed by atoms with Gasteiger partial charge in [0.15, 0.2) is 0 Å². The Hall–Kier alpha value is -1.46. The lowest BCUT2D eigenvalue weighted by Crippen LogP contribution is -2.47. The summed E-state index contributed by atoms with van der Waals surface area (Å²) in [7, 11) is 0. The van der Waals surface area contributed by atoms with Gasteiger partial charge >= 0.3 is 12.2 Å². The molecule has 138 valence electrons. The van der Waals surface area contributed by atoms with Crippen LogP contribution in [0.1, 0.15) is 74.1 Å². The summed E-state index contributed by atoms with van der Waals surface area (Å²) in [6.45, 7) is 13.0. The molecule has 0 aromatic heterocycles. The molecule has 0 radical (unpaired) electrons. The fraction of sp³-hybridized carbons (Fsp3) is 0.889. The predicted octanol–water partition coefficient (Wildman–Crippen LogP) is 4.13. The van der Waals surface area contributed by atoms with Gasteiger partial charge in [0.05, 0.1) is 12.1 Å². The summed E-state index contributed by atoms with van der Waals surface area (Å²) >= 11 is 0. The Balaban J connectivity index is 2.24. The van der Waals surface area contributed by atoms with Gasteiger partial charge in [0, 0.05) is 0 Å². The molecule has 1 saturated carbocycles. The van der Waals surface area contributed by atoms with Gasteiger partial charge in [0.1, 0.15) is 17.4 Å². The molecule has 1 saturated heterocycles. The maximum Gasteiger partial charge on any atom is 0.412 e. The highest BCUT2D eigenvalue weighted by Crippen LogP contribution is 2.38. The molecule has 0 unspecified atom stereocenters. The lowest BCUT2D eigenvalue weighted by molar-refractivity contribution is -0.00135. The van der Waals surface area contributed by atoms with Crippen LogP contribution in [0.4, 0.5) is 9.59 Å². The minimum Gasteiger partial charge on any atom is -0.444 e. The molecule has 2 aliphatic rings. The van der Waals surface area contributed by atoms with Crippen molar-refractivity contribution in [2.24, 2.45) is 0 Å². The molecule has 1 aliphatic carbocycles. The van der Waals surface area contributed by atoms with Gasteiger partial charge in [-0.25, -0.2) is 9.59 Å². The van der Waals surface area contributed by atoms with Crippen LogP contribution in [0.3, 0.4) is 0 Å².